The number of imide groups is 1. The maximum atomic E-state index is 12.5. The molecule has 12 heteroatoms. The van der Waals surface area contributed by atoms with Crippen LogP contribution in [0.2, 0.25) is 0 Å². The molecule has 0 aromatic rings. The SMILES string of the molecule is CCN1C(=O)CC2(CCN(C(=O)CCC(=O)OC3C(=O)C(=O)C(O)=C(O)C3=O)CC2)C1=O. The highest BCUT2D eigenvalue weighted by atomic mass is 16.6. The first-order valence-corrected chi connectivity index (χ1v) is 10.1. The quantitative estimate of drug-likeness (QED) is 0.231. The molecule has 1 unspecified atom stereocenters. The second kappa shape index (κ2) is 8.52. The molecule has 32 heavy (non-hydrogen) atoms. The van der Waals surface area contributed by atoms with Crippen LogP contribution in [0.25, 0.3) is 0 Å². The molecule has 3 rings (SSSR count). The van der Waals surface area contributed by atoms with E-state index in [-0.39, 0.29) is 37.7 Å². The van der Waals surface area contributed by atoms with E-state index in [9.17, 15) is 43.8 Å². The first-order chi connectivity index (χ1) is 15.0. The maximum absolute atomic E-state index is 12.5. The first-order valence-electron chi connectivity index (χ1n) is 10.1. The predicted octanol–water partition coefficient (Wildman–Crippen LogP) is -0.885. The van der Waals surface area contributed by atoms with E-state index >= 15 is 0 Å². The minimum Gasteiger partial charge on any atom is -0.502 e. The molecule has 2 heterocycles. The van der Waals surface area contributed by atoms with Crippen LogP contribution in [-0.4, -0.2) is 86.8 Å². The van der Waals surface area contributed by atoms with E-state index in [2.05, 4.69) is 4.74 Å². The van der Waals surface area contributed by atoms with E-state index in [1.54, 1.807) is 6.92 Å². The minimum absolute atomic E-state index is 0.118. The molecule has 3 aliphatic rings. The van der Waals surface area contributed by atoms with E-state index in [0.29, 0.717) is 19.4 Å². The van der Waals surface area contributed by atoms with Gasteiger partial charge in [0.15, 0.2) is 0 Å². The highest BCUT2D eigenvalue weighted by Crippen LogP contribution is 2.42. The van der Waals surface area contributed by atoms with Gasteiger partial charge in [0.2, 0.25) is 41.1 Å². The van der Waals surface area contributed by atoms with Gasteiger partial charge in [-0.05, 0) is 19.8 Å². The van der Waals surface area contributed by atoms with Gasteiger partial charge in [-0.15, -0.1) is 0 Å². The number of amides is 3. The molecule has 0 saturated carbocycles. The number of nitrogens with zero attached hydrogens (tertiary/aromatic N) is 2. The minimum atomic E-state index is -2.21. The number of carbonyl (C=O) groups is 7. The maximum Gasteiger partial charge on any atom is 0.307 e. The van der Waals surface area contributed by atoms with Gasteiger partial charge in [0.05, 0.1) is 11.8 Å². The van der Waals surface area contributed by atoms with E-state index in [4.69, 9.17) is 0 Å². The molecule has 2 fully saturated rings. The summed E-state index contributed by atoms with van der Waals surface area (Å²) in [6.07, 6.45) is -2.24. The Morgan fingerprint density at radius 1 is 1.00 bits per heavy atom. The van der Waals surface area contributed by atoms with Crippen molar-refractivity contribution in [1.82, 2.24) is 9.80 Å². The number of piperidine rings is 1. The Labute approximate surface area is 181 Å². The van der Waals surface area contributed by atoms with E-state index in [1.165, 1.54) is 9.80 Å². The van der Waals surface area contributed by atoms with Crippen molar-refractivity contribution in [2.24, 2.45) is 5.41 Å². The van der Waals surface area contributed by atoms with E-state index in [0.717, 1.165) is 0 Å². The van der Waals surface area contributed by atoms with Crippen molar-refractivity contribution < 1.29 is 48.5 Å². The summed E-state index contributed by atoms with van der Waals surface area (Å²) >= 11 is 0. The van der Waals surface area contributed by atoms with Crippen LogP contribution in [0.4, 0.5) is 0 Å². The van der Waals surface area contributed by atoms with Gasteiger partial charge in [0.25, 0.3) is 11.6 Å². The third-order valence-electron chi connectivity index (χ3n) is 6.04. The van der Waals surface area contributed by atoms with Gasteiger partial charge in [0.1, 0.15) is 0 Å². The average Bonchev–Trinajstić information content (AvgIpc) is 3.01. The van der Waals surface area contributed by atoms with Crippen LogP contribution < -0.4 is 0 Å². The summed E-state index contributed by atoms with van der Waals surface area (Å²) in [5, 5.41) is 18.6. The number of carbonyl (C=O) groups excluding carboxylic acids is 7. The van der Waals surface area contributed by atoms with Crippen LogP contribution in [0.1, 0.15) is 39.0 Å². The molecule has 0 radical (unpaired) electrons. The Kier molecular flexibility index (Phi) is 6.15. The molecule has 3 amide bonds. The summed E-state index contributed by atoms with van der Waals surface area (Å²) in [6.45, 7) is 2.49. The summed E-state index contributed by atoms with van der Waals surface area (Å²) in [4.78, 5) is 86.7. The summed E-state index contributed by atoms with van der Waals surface area (Å²) < 4.78 is 4.65. The van der Waals surface area contributed by atoms with Gasteiger partial charge >= 0.3 is 5.97 Å². The lowest BCUT2D eigenvalue weighted by Gasteiger charge is -2.37. The number of hydrogen-bond acceptors (Lipinski definition) is 10. The van der Waals surface area contributed by atoms with Gasteiger partial charge < -0.3 is 19.8 Å². The summed E-state index contributed by atoms with van der Waals surface area (Å²) in [5.74, 6) is -9.23. The molecule has 0 bridgehead atoms. The zero-order valence-corrected chi connectivity index (χ0v) is 17.3. The second-order valence-electron chi connectivity index (χ2n) is 7.91. The fourth-order valence-electron chi connectivity index (χ4n) is 4.12. The first kappa shape index (κ1) is 23.1. The number of hydrogen-bond donors (Lipinski definition) is 2. The standard InChI is InChI=1S/C20H22N2O10/c1-2-22-11(24)9-20(19(22)31)5-7-21(8-6-20)10(23)3-4-12(25)32-18-16(29)14(27)13(26)15(28)17(18)30/h18,26-27H,2-9H2,1H3. The van der Waals surface area contributed by atoms with Crippen LogP contribution in [0.5, 0.6) is 0 Å². The van der Waals surface area contributed by atoms with Crippen molar-refractivity contribution in [2.75, 3.05) is 19.6 Å². The van der Waals surface area contributed by atoms with Gasteiger partial charge in [-0.1, -0.05) is 0 Å². The number of rotatable bonds is 5. The summed E-state index contributed by atoms with van der Waals surface area (Å²) in [6, 6.07) is 0. The molecule has 12 nitrogen and oxygen atoms in total. The second-order valence-corrected chi connectivity index (χ2v) is 7.91. The Morgan fingerprint density at radius 3 is 2.19 bits per heavy atom. The van der Waals surface area contributed by atoms with Gasteiger partial charge in [0, 0.05) is 32.5 Å². The lowest BCUT2D eigenvalue weighted by Crippen LogP contribution is -2.47. The van der Waals surface area contributed by atoms with Gasteiger partial charge in [-0.2, -0.15) is 0 Å². The normalized spacial score (nSPS) is 23.4. The monoisotopic (exact) mass is 450 g/mol. The molecular weight excluding hydrogens is 428 g/mol. The van der Waals surface area contributed by atoms with Crippen LogP contribution in [0.3, 0.4) is 0 Å². The van der Waals surface area contributed by atoms with Crippen molar-refractivity contribution in [2.45, 2.75) is 45.1 Å². The third kappa shape index (κ3) is 3.87. The molecular formula is C20H22N2O10. The Hall–Kier alpha value is -3.57. The molecule has 2 saturated heterocycles. The number of esters is 1. The molecule has 1 atom stereocenters. The smallest absolute Gasteiger partial charge is 0.307 e. The molecule has 1 aliphatic carbocycles. The van der Waals surface area contributed by atoms with Crippen molar-refractivity contribution in [3.8, 4) is 0 Å². The van der Waals surface area contributed by atoms with E-state index < -0.39 is 58.7 Å². The summed E-state index contributed by atoms with van der Waals surface area (Å²) in [5.41, 5.74) is -0.794. The molecule has 2 N–H and O–H groups in total. The van der Waals surface area contributed by atoms with Crippen LogP contribution >= 0.6 is 0 Å². The number of ether oxygens (including phenoxy) is 1. The van der Waals surface area contributed by atoms with Crippen molar-refractivity contribution in [3.63, 3.8) is 0 Å². The predicted molar refractivity (Wildman–Crippen MR) is 102 cm³/mol. The van der Waals surface area contributed by atoms with Crippen molar-refractivity contribution >= 4 is 41.0 Å². The van der Waals surface area contributed by atoms with Gasteiger partial charge in [-0.25, -0.2) is 0 Å². The lowest BCUT2D eigenvalue weighted by atomic mass is 9.77. The number of aliphatic hydroxyl groups excluding tert-OH is 2. The number of Topliss-reactive ketones (excluding diaryl/α,β-unsaturated/α-hetero) is 3. The Balaban J connectivity index is 1.51. The molecule has 1 spiro atoms. The Morgan fingerprint density at radius 2 is 1.62 bits per heavy atom. The fraction of sp³-hybridized carbons (Fsp3) is 0.550. The average molecular weight is 450 g/mol. The highest BCUT2D eigenvalue weighted by molar-refractivity contribution is 6.51. The molecule has 0 aromatic heterocycles. The number of likely N-dealkylation sites (tertiary alicyclic amines) is 2. The largest absolute Gasteiger partial charge is 0.502 e. The topological polar surface area (TPSA) is 176 Å². The zero-order chi connectivity index (χ0) is 23.8. The number of ketones is 3. The van der Waals surface area contributed by atoms with E-state index in [1.807, 2.05) is 0 Å². The molecule has 2 aliphatic heterocycles. The van der Waals surface area contributed by atoms with Crippen molar-refractivity contribution in [3.05, 3.63) is 11.5 Å². The van der Waals surface area contributed by atoms with Crippen LogP contribution in [-0.2, 0) is 38.3 Å². The van der Waals surface area contributed by atoms with Crippen molar-refractivity contribution in [1.29, 1.82) is 0 Å². The lowest BCUT2D eigenvalue weighted by molar-refractivity contribution is -0.163. The zero-order valence-electron chi connectivity index (χ0n) is 17.3. The van der Waals surface area contributed by atoms with Crippen LogP contribution in [0.15, 0.2) is 11.5 Å². The molecule has 172 valence electrons. The third-order valence-corrected chi connectivity index (χ3v) is 6.04. The van der Waals surface area contributed by atoms with Crippen LogP contribution in [0, 0.1) is 5.41 Å². The number of allylic oxidation sites excluding steroid dienone is 1. The molecule has 0 aromatic carbocycles. The fourth-order valence-corrected chi connectivity index (χ4v) is 4.12. The van der Waals surface area contributed by atoms with Gasteiger partial charge in [-0.3, -0.25) is 38.5 Å². The summed E-state index contributed by atoms with van der Waals surface area (Å²) in [7, 11) is 0. The Bertz CT molecular complexity index is 957. The number of aliphatic hydroxyl groups is 2. The highest BCUT2D eigenvalue weighted by Gasteiger charge is 2.52.